The van der Waals surface area contributed by atoms with E-state index in [1.807, 2.05) is 18.3 Å². The molecule has 0 aliphatic heterocycles. The molecular weight excluding hydrogens is 164 g/mol. The maximum atomic E-state index is 5.73. The Morgan fingerprint density at radius 2 is 1.83 bits per heavy atom. The highest BCUT2D eigenvalue weighted by Crippen LogP contribution is 2.17. The summed E-state index contributed by atoms with van der Waals surface area (Å²) in [5.41, 5.74) is 3.97. The fraction of sp³-hybridized carbons (Fsp3) is 0.600. The van der Waals surface area contributed by atoms with Gasteiger partial charge in [-0.25, -0.2) is 0 Å². The van der Waals surface area contributed by atoms with Gasteiger partial charge < -0.3 is 4.43 Å². The summed E-state index contributed by atoms with van der Waals surface area (Å²) in [5, 5.41) is 0. The third-order valence-corrected chi connectivity index (χ3v) is 5.37. The van der Waals surface area contributed by atoms with E-state index in [1.165, 1.54) is 12.8 Å². The van der Waals surface area contributed by atoms with Crippen LogP contribution in [0.1, 0.15) is 26.7 Å². The Labute approximate surface area is 77.3 Å². The molecule has 0 saturated carbocycles. The summed E-state index contributed by atoms with van der Waals surface area (Å²) < 4.78 is 5.73. The highest BCUT2D eigenvalue weighted by molar-refractivity contribution is 6.83. The molecule has 0 radical (unpaired) electrons. The molecule has 0 aromatic rings. The first kappa shape index (κ1) is 11.7. The topological polar surface area (TPSA) is 9.23 Å². The quantitative estimate of drug-likeness (QED) is 0.552. The van der Waals surface area contributed by atoms with E-state index in [9.17, 15) is 0 Å². The first-order chi connectivity index (χ1) is 5.74. The van der Waals surface area contributed by atoms with Crippen LogP contribution in [0.3, 0.4) is 0 Å². The van der Waals surface area contributed by atoms with Crippen LogP contribution in [0.15, 0.2) is 24.6 Å². The molecule has 0 spiro atoms. The number of rotatable bonds is 7. The maximum absolute atomic E-state index is 5.73. The first-order valence-corrected chi connectivity index (χ1v) is 6.92. The Kier molecular flexibility index (Phi) is 6.03. The minimum atomic E-state index is -1.74. The van der Waals surface area contributed by atoms with Crippen LogP contribution in [-0.2, 0) is 4.43 Å². The summed E-state index contributed by atoms with van der Waals surface area (Å²) in [7, 11) is -1.74. The summed E-state index contributed by atoms with van der Waals surface area (Å²) in [6.45, 7) is 12.7. The van der Waals surface area contributed by atoms with Gasteiger partial charge in [0.2, 0.25) is 8.32 Å². The average Bonchev–Trinajstić information content (AvgIpc) is 2.13. The molecule has 0 aliphatic carbocycles. The highest BCUT2D eigenvalue weighted by atomic mass is 28.4. The van der Waals surface area contributed by atoms with Gasteiger partial charge in [-0.2, -0.15) is 0 Å². The lowest BCUT2D eigenvalue weighted by atomic mass is 10.4. The summed E-state index contributed by atoms with van der Waals surface area (Å²) in [5.74, 6) is 0. The predicted molar refractivity (Wildman–Crippen MR) is 57.5 cm³/mol. The fourth-order valence-corrected chi connectivity index (χ4v) is 3.60. The van der Waals surface area contributed by atoms with Crippen LogP contribution in [0.2, 0.25) is 6.04 Å². The van der Waals surface area contributed by atoms with E-state index in [1.54, 1.807) is 0 Å². The van der Waals surface area contributed by atoms with Gasteiger partial charge in [0, 0.05) is 6.61 Å². The number of hydrogen-bond donors (Lipinski definition) is 0. The van der Waals surface area contributed by atoms with Crippen molar-refractivity contribution in [2.45, 2.75) is 32.7 Å². The predicted octanol–water partition coefficient (Wildman–Crippen LogP) is 3.22. The van der Waals surface area contributed by atoms with Crippen molar-refractivity contribution < 1.29 is 4.43 Å². The van der Waals surface area contributed by atoms with Gasteiger partial charge in [-0.1, -0.05) is 31.2 Å². The van der Waals surface area contributed by atoms with Gasteiger partial charge in [-0.05, 0) is 13.0 Å². The SMILES string of the molecule is C=C[Si](C=C)(CCCC)OCC. The molecule has 0 fully saturated rings. The van der Waals surface area contributed by atoms with E-state index >= 15 is 0 Å². The van der Waals surface area contributed by atoms with Crippen LogP contribution >= 0.6 is 0 Å². The normalized spacial score (nSPS) is 11.2. The van der Waals surface area contributed by atoms with Gasteiger partial charge in [0.25, 0.3) is 0 Å². The van der Waals surface area contributed by atoms with Crippen molar-refractivity contribution in [3.63, 3.8) is 0 Å². The van der Waals surface area contributed by atoms with Crippen molar-refractivity contribution in [2.24, 2.45) is 0 Å². The molecule has 2 heteroatoms. The zero-order chi connectivity index (χ0) is 9.45. The van der Waals surface area contributed by atoms with Crippen LogP contribution in [0.25, 0.3) is 0 Å². The molecule has 0 N–H and O–H groups in total. The Hall–Kier alpha value is -0.343. The van der Waals surface area contributed by atoms with Crippen molar-refractivity contribution in [3.8, 4) is 0 Å². The molecule has 0 amide bonds. The molecule has 0 atom stereocenters. The molecule has 0 heterocycles. The molecule has 0 saturated heterocycles. The second-order valence-corrected chi connectivity index (χ2v) is 6.41. The molecule has 0 rings (SSSR count). The zero-order valence-electron chi connectivity index (χ0n) is 8.31. The minimum absolute atomic E-state index is 0.772. The van der Waals surface area contributed by atoms with Crippen molar-refractivity contribution in [1.82, 2.24) is 0 Å². The highest BCUT2D eigenvalue weighted by Gasteiger charge is 2.25. The third-order valence-electron chi connectivity index (χ3n) is 2.03. The van der Waals surface area contributed by atoms with Gasteiger partial charge in [0.15, 0.2) is 0 Å². The Morgan fingerprint density at radius 1 is 1.25 bits per heavy atom. The monoisotopic (exact) mass is 184 g/mol. The molecule has 0 bridgehead atoms. The molecule has 12 heavy (non-hydrogen) atoms. The Bertz CT molecular complexity index is 135. The van der Waals surface area contributed by atoms with E-state index in [-0.39, 0.29) is 0 Å². The van der Waals surface area contributed by atoms with Gasteiger partial charge >= 0.3 is 0 Å². The van der Waals surface area contributed by atoms with E-state index < -0.39 is 8.32 Å². The lowest BCUT2D eigenvalue weighted by Gasteiger charge is -2.23. The Morgan fingerprint density at radius 3 is 2.17 bits per heavy atom. The summed E-state index contributed by atoms with van der Waals surface area (Å²) in [4.78, 5) is 0. The summed E-state index contributed by atoms with van der Waals surface area (Å²) >= 11 is 0. The fourth-order valence-electron chi connectivity index (χ4n) is 1.20. The molecular formula is C10H20OSi. The van der Waals surface area contributed by atoms with Gasteiger partial charge in [-0.15, -0.1) is 13.2 Å². The van der Waals surface area contributed by atoms with E-state index in [2.05, 4.69) is 20.1 Å². The van der Waals surface area contributed by atoms with Crippen molar-refractivity contribution >= 4 is 8.32 Å². The summed E-state index contributed by atoms with van der Waals surface area (Å²) in [6.07, 6.45) is 2.42. The van der Waals surface area contributed by atoms with Crippen LogP contribution in [0.4, 0.5) is 0 Å². The molecule has 1 nitrogen and oxygen atoms in total. The average molecular weight is 184 g/mol. The number of unbranched alkanes of at least 4 members (excludes halogenated alkanes) is 1. The first-order valence-electron chi connectivity index (χ1n) is 4.65. The molecule has 0 aromatic carbocycles. The van der Waals surface area contributed by atoms with Crippen LogP contribution in [0.5, 0.6) is 0 Å². The van der Waals surface area contributed by atoms with Crippen LogP contribution < -0.4 is 0 Å². The van der Waals surface area contributed by atoms with E-state index in [4.69, 9.17) is 4.43 Å². The smallest absolute Gasteiger partial charge is 0.240 e. The second-order valence-electron chi connectivity index (χ2n) is 2.90. The second kappa shape index (κ2) is 6.20. The Balaban J connectivity index is 4.13. The van der Waals surface area contributed by atoms with E-state index in [0.29, 0.717) is 0 Å². The molecule has 0 aromatic heterocycles. The third kappa shape index (κ3) is 3.37. The van der Waals surface area contributed by atoms with Crippen LogP contribution in [-0.4, -0.2) is 14.9 Å². The molecule has 70 valence electrons. The lowest BCUT2D eigenvalue weighted by molar-refractivity contribution is 0.335. The molecule has 0 aliphatic rings. The standard InChI is InChI=1S/C10H20OSi/c1-5-9-10-12(7-3,8-4)11-6-2/h7-8H,3-6,9-10H2,1-2H3. The minimum Gasteiger partial charge on any atom is -0.409 e. The number of hydrogen-bond acceptors (Lipinski definition) is 1. The van der Waals surface area contributed by atoms with Crippen molar-refractivity contribution in [1.29, 1.82) is 0 Å². The lowest BCUT2D eigenvalue weighted by Crippen LogP contribution is -2.33. The van der Waals surface area contributed by atoms with Gasteiger partial charge in [0.1, 0.15) is 0 Å². The van der Waals surface area contributed by atoms with Gasteiger partial charge in [0.05, 0.1) is 0 Å². The van der Waals surface area contributed by atoms with E-state index in [0.717, 1.165) is 12.7 Å². The van der Waals surface area contributed by atoms with Crippen molar-refractivity contribution in [3.05, 3.63) is 24.6 Å². The largest absolute Gasteiger partial charge is 0.409 e. The summed E-state index contributed by atoms with van der Waals surface area (Å²) in [6, 6.07) is 1.13. The van der Waals surface area contributed by atoms with Crippen LogP contribution in [0, 0.1) is 0 Å². The molecule has 0 unspecified atom stereocenters. The zero-order valence-corrected chi connectivity index (χ0v) is 9.31. The maximum Gasteiger partial charge on any atom is 0.240 e. The van der Waals surface area contributed by atoms with Gasteiger partial charge in [-0.3, -0.25) is 0 Å². The van der Waals surface area contributed by atoms with Crippen molar-refractivity contribution in [2.75, 3.05) is 6.61 Å².